The van der Waals surface area contributed by atoms with Gasteiger partial charge in [0, 0.05) is 30.4 Å². The molecule has 0 aromatic heterocycles. The summed E-state index contributed by atoms with van der Waals surface area (Å²) in [5.74, 6) is 1.80. The topological polar surface area (TPSA) is 49.4 Å². The molecule has 8 heteroatoms. The number of hydrogen-bond donors (Lipinski definition) is 1. The van der Waals surface area contributed by atoms with E-state index in [9.17, 15) is 8.42 Å². The van der Waals surface area contributed by atoms with Crippen LogP contribution >= 0.6 is 35.0 Å². The summed E-state index contributed by atoms with van der Waals surface area (Å²) >= 11 is 14.0. The summed E-state index contributed by atoms with van der Waals surface area (Å²) in [6.45, 7) is 1.55. The van der Waals surface area contributed by atoms with Crippen LogP contribution in [0.25, 0.3) is 0 Å². The van der Waals surface area contributed by atoms with Gasteiger partial charge in [-0.3, -0.25) is 0 Å². The number of rotatable bonds is 4. The maximum absolute atomic E-state index is 12.8. The molecule has 0 spiro atoms. The fourth-order valence-corrected chi connectivity index (χ4v) is 5.52. The lowest BCUT2D eigenvalue weighted by Crippen LogP contribution is -2.33. The van der Waals surface area contributed by atoms with E-state index in [4.69, 9.17) is 23.2 Å². The average molecular weight is 369 g/mol. The van der Waals surface area contributed by atoms with Crippen LogP contribution in [0.15, 0.2) is 17.0 Å². The monoisotopic (exact) mass is 368 g/mol. The second-order valence-corrected chi connectivity index (χ2v) is 8.72. The molecule has 1 aliphatic rings. The molecule has 0 atom stereocenters. The minimum absolute atomic E-state index is 0.144. The Hall–Kier alpha value is 0.0200. The summed E-state index contributed by atoms with van der Waals surface area (Å²) in [5, 5.41) is 3.62. The quantitative estimate of drug-likeness (QED) is 0.887. The smallest absolute Gasteiger partial charge is 0.244 e. The van der Waals surface area contributed by atoms with Crippen LogP contribution in [0.2, 0.25) is 10.0 Å². The molecule has 0 radical (unpaired) electrons. The van der Waals surface area contributed by atoms with Gasteiger partial charge in [0.2, 0.25) is 10.0 Å². The van der Waals surface area contributed by atoms with E-state index in [1.807, 2.05) is 0 Å². The first-order chi connectivity index (χ1) is 9.96. The lowest BCUT2D eigenvalue weighted by molar-refractivity contribution is 0.435. The summed E-state index contributed by atoms with van der Waals surface area (Å²) < 4.78 is 27.1. The number of nitrogens with one attached hydrogen (secondary N) is 1. The Bertz CT molecular complexity index is 600. The molecule has 1 N–H and O–H groups in total. The highest BCUT2D eigenvalue weighted by molar-refractivity contribution is 7.99. The molecule has 1 saturated heterocycles. The SMILES string of the molecule is CNCc1cc(S(=O)(=O)N2CCCSCC2)c(Cl)cc1Cl. The Kier molecular flexibility index (Phi) is 6.23. The first kappa shape index (κ1) is 17.4. The second-order valence-electron chi connectivity index (χ2n) is 4.77. The highest BCUT2D eigenvalue weighted by atomic mass is 35.5. The van der Waals surface area contributed by atoms with Crippen molar-refractivity contribution in [2.45, 2.75) is 17.9 Å². The lowest BCUT2D eigenvalue weighted by atomic mass is 10.2. The third-order valence-electron chi connectivity index (χ3n) is 3.27. The summed E-state index contributed by atoms with van der Waals surface area (Å²) in [7, 11) is -1.79. The zero-order chi connectivity index (χ0) is 15.5. The van der Waals surface area contributed by atoms with Crippen molar-refractivity contribution in [2.75, 3.05) is 31.6 Å². The predicted octanol–water partition coefficient (Wildman–Crippen LogP) is 2.84. The van der Waals surface area contributed by atoms with E-state index >= 15 is 0 Å². The summed E-state index contributed by atoms with van der Waals surface area (Å²) in [6.07, 6.45) is 0.860. The fraction of sp³-hybridized carbons (Fsp3) is 0.538. The van der Waals surface area contributed by atoms with Crippen molar-refractivity contribution in [3.05, 3.63) is 27.7 Å². The number of nitrogens with zero attached hydrogens (tertiary/aromatic N) is 1. The van der Waals surface area contributed by atoms with E-state index in [-0.39, 0.29) is 9.92 Å². The van der Waals surface area contributed by atoms with Gasteiger partial charge in [-0.1, -0.05) is 23.2 Å². The molecule has 2 rings (SSSR count). The predicted molar refractivity (Wildman–Crippen MR) is 89.9 cm³/mol. The van der Waals surface area contributed by atoms with Gasteiger partial charge in [-0.05, 0) is 36.9 Å². The molecule has 4 nitrogen and oxygen atoms in total. The van der Waals surface area contributed by atoms with Gasteiger partial charge in [-0.25, -0.2) is 8.42 Å². The van der Waals surface area contributed by atoms with E-state index in [0.717, 1.165) is 23.5 Å². The van der Waals surface area contributed by atoms with Crippen LogP contribution in [0.5, 0.6) is 0 Å². The number of sulfonamides is 1. The molecule has 0 unspecified atom stereocenters. The molecule has 0 saturated carbocycles. The average Bonchev–Trinajstić information content (AvgIpc) is 2.71. The Labute approximate surface area is 140 Å². The number of thioether (sulfide) groups is 1. The number of halogens is 2. The fourth-order valence-electron chi connectivity index (χ4n) is 2.20. The van der Waals surface area contributed by atoms with Gasteiger partial charge >= 0.3 is 0 Å². The highest BCUT2D eigenvalue weighted by Gasteiger charge is 2.28. The molecule has 21 heavy (non-hydrogen) atoms. The maximum Gasteiger partial charge on any atom is 0.244 e. The summed E-state index contributed by atoms with van der Waals surface area (Å²) in [6, 6.07) is 3.09. The van der Waals surface area contributed by atoms with Crippen LogP contribution < -0.4 is 5.32 Å². The highest BCUT2D eigenvalue weighted by Crippen LogP contribution is 2.31. The molecule has 118 valence electrons. The molecule has 0 bridgehead atoms. The maximum atomic E-state index is 12.8. The lowest BCUT2D eigenvalue weighted by Gasteiger charge is -2.21. The molecule has 1 aromatic rings. The van der Waals surface area contributed by atoms with Gasteiger partial charge in [0.15, 0.2) is 0 Å². The zero-order valence-corrected chi connectivity index (χ0v) is 14.9. The normalized spacial score (nSPS) is 17.7. The Morgan fingerprint density at radius 3 is 2.71 bits per heavy atom. The summed E-state index contributed by atoms with van der Waals surface area (Å²) in [5.41, 5.74) is 0.728. The van der Waals surface area contributed by atoms with Crippen molar-refractivity contribution in [1.82, 2.24) is 9.62 Å². The first-order valence-electron chi connectivity index (χ1n) is 6.67. The number of benzene rings is 1. The van der Waals surface area contributed by atoms with Crippen LogP contribution in [0.4, 0.5) is 0 Å². The third-order valence-corrected chi connectivity index (χ3v) is 7.03. The standard InChI is InChI=1S/C13H18Cl2N2O2S2/c1-16-9-10-7-13(12(15)8-11(10)14)21(18,19)17-3-2-5-20-6-4-17/h7-8,16H,2-6,9H2,1H3. The van der Waals surface area contributed by atoms with E-state index in [2.05, 4.69) is 5.32 Å². The van der Waals surface area contributed by atoms with Crippen LogP contribution in [-0.4, -0.2) is 44.4 Å². The van der Waals surface area contributed by atoms with Gasteiger partial charge in [0.25, 0.3) is 0 Å². The molecule has 1 aromatic carbocycles. The molecular formula is C13H18Cl2N2O2S2. The Morgan fingerprint density at radius 2 is 2.00 bits per heavy atom. The van der Waals surface area contributed by atoms with Crippen LogP contribution in [0.1, 0.15) is 12.0 Å². The molecule has 1 heterocycles. The van der Waals surface area contributed by atoms with Crippen LogP contribution in [0.3, 0.4) is 0 Å². The van der Waals surface area contributed by atoms with Gasteiger partial charge < -0.3 is 5.32 Å². The molecule has 0 aliphatic carbocycles. The Morgan fingerprint density at radius 1 is 1.24 bits per heavy atom. The molecule has 1 aliphatic heterocycles. The Balaban J connectivity index is 2.40. The molecule has 1 fully saturated rings. The van der Waals surface area contributed by atoms with Crippen molar-refractivity contribution in [3.63, 3.8) is 0 Å². The van der Waals surface area contributed by atoms with E-state index in [1.54, 1.807) is 24.9 Å². The van der Waals surface area contributed by atoms with E-state index in [0.29, 0.717) is 24.7 Å². The zero-order valence-electron chi connectivity index (χ0n) is 11.7. The van der Waals surface area contributed by atoms with Crippen molar-refractivity contribution in [2.24, 2.45) is 0 Å². The number of hydrogen-bond acceptors (Lipinski definition) is 4. The van der Waals surface area contributed by atoms with Crippen LogP contribution in [0, 0.1) is 0 Å². The first-order valence-corrected chi connectivity index (χ1v) is 10.0. The minimum Gasteiger partial charge on any atom is -0.316 e. The van der Waals surface area contributed by atoms with Gasteiger partial charge in [0.1, 0.15) is 4.90 Å². The minimum atomic E-state index is -3.57. The third kappa shape index (κ3) is 4.06. The molecule has 0 amide bonds. The van der Waals surface area contributed by atoms with Gasteiger partial charge in [-0.2, -0.15) is 16.1 Å². The van der Waals surface area contributed by atoms with Crippen molar-refractivity contribution in [3.8, 4) is 0 Å². The largest absolute Gasteiger partial charge is 0.316 e. The van der Waals surface area contributed by atoms with Crippen molar-refractivity contribution < 1.29 is 8.42 Å². The van der Waals surface area contributed by atoms with Crippen LogP contribution in [-0.2, 0) is 16.6 Å². The van der Waals surface area contributed by atoms with E-state index in [1.165, 1.54) is 10.4 Å². The van der Waals surface area contributed by atoms with Crippen molar-refractivity contribution in [1.29, 1.82) is 0 Å². The van der Waals surface area contributed by atoms with Gasteiger partial charge in [0.05, 0.1) is 5.02 Å². The summed E-state index contributed by atoms with van der Waals surface area (Å²) in [4.78, 5) is 0.144. The second kappa shape index (κ2) is 7.53. The van der Waals surface area contributed by atoms with Gasteiger partial charge in [-0.15, -0.1) is 0 Å². The van der Waals surface area contributed by atoms with E-state index < -0.39 is 10.0 Å². The van der Waals surface area contributed by atoms with Crippen molar-refractivity contribution >= 4 is 45.0 Å². The molecular weight excluding hydrogens is 351 g/mol.